The van der Waals surface area contributed by atoms with Gasteiger partial charge >= 0.3 is 0 Å². The van der Waals surface area contributed by atoms with Crippen molar-refractivity contribution in [1.82, 2.24) is 4.31 Å². The van der Waals surface area contributed by atoms with Gasteiger partial charge in [0.2, 0.25) is 15.9 Å². The molecule has 0 fully saturated rings. The first-order valence-corrected chi connectivity index (χ1v) is 9.74. The maximum Gasteiger partial charge on any atom is 0.247 e. The van der Waals surface area contributed by atoms with E-state index in [4.69, 9.17) is 14.2 Å². The lowest BCUT2D eigenvalue weighted by atomic mass is 10.2. The number of amides is 1. The molecule has 1 amide bonds. The molecule has 0 atom stereocenters. The molecule has 2 aromatic carbocycles. The molecule has 0 saturated carbocycles. The number of benzene rings is 2. The van der Waals surface area contributed by atoms with Gasteiger partial charge in [-0.15, -0.1) is 0 Å². The van der Waals surface area contributed by atoms with Crippen molar-refractivity contribution in [2.75, 3.05) is 39.2 Å². The minimum absolute atomic E-state index is 0.0134. The van der Waals surface area contributed by atoms with Crippen molar-refractivity contribution < 1.29 is 31.8 Å². The van der Waals surface area contributed by atoms with Gasteiger partial charge in [-0.05, 0) is 30.3 Å². The first kappa shape index (κ1) is 19.9. The summed E-state index contributed by atoms with van der Waals surface area (Å²) >= 11 is 0. The molecule has 0 radical (unpaired) electrons. The molecule has 0 aromatic heterocycles. The second kappa shape index (κ2) is 8.03. The van der Waals surface area contributed by atoms with Crippen molar-refractivity contribution >= 4 is 21.6 Å². The maximum atomic E-state index is 13.5. The minimum atomic E-state index is -4.14. The van der Waals surface area contributed by atoms with Crippen molar-refractivity contribution in [2.24, 2.45) is 0 Å². The van der Waals surface area contributed by atoms with Crippen molar-refractivity contribution in [3.8, 4) is 17.2 Å². The molecule has 10 heteroatoms. The fourth-order valence-electron chi connectivity index (χ4n) is 2.63. The summed E-state index contributed by atoms with van der Waals surface area (Å²) in [7, 11) is -1.64. The van der Waals surface area contributed by atoms with E-state index in [9.17, 15) is 17.6 Å². The number of nitrogens with zero attached hydrogens (tertiary/aromatic N) is 1. The Morgan fingerprint density at radius 1 is 1.18 bits per heavy atom. The van der Waals surface area contributed by atoms with Crippen LogP contribution in [0.3, 0.4) is 0 Å². The Labute approximate surface area is 161 Å². The number of hydrogen-bond donors (Lipinski definition) is 1. The minimum Gasteiger partial charge on any atom is -0.495 e. The molecule has 1 aliphatic rings. The lowest BCUT2D eigenvalue weighted by Crippen LogP contribution is -2.35. The molecule has 28 heavy (non-hydrogen) atoms. The summed E-state index contributed by atoms with van der Waals surface area (Å²) in [6, 6.07) is 8.02. The normalized spacial score (nSPS) is 13.3. The average Bonchev–Trinajstić information content (AvgIpc) is 2.67. The number of likely N-dealkylation sites (N-methyl/N-ethyl adjacent to an activating group) is 1. The van der Waals surface area contributed by atoms with Crippen molar-refractivity contribution in [2.45, 2.75) is 4.90 Å². The number of fused-ring (bicyclic) bond motifs is 1. The highest BCUT2D eigenvalue weighted by molar-refractivity contribution is 7.89. The number of halogens is 1. The summed E-state index contributed by atoms with van der Waals surface area (Å²) in [6.07, 6.45) is 0. The van der Waals surface area contributed by atoms with Crippen LogP contribution < -0.4 is 19.5 Å². The van der Waals surface area contributed by atoms with Gasteiger partial charge in [0.1, 0.15) is 29.7 Å². The Hall–Kier alpha value is -2.85. The molecule has 0 aliphatic carbocycles. The number of sulfonamides is 1. The van der Waals surface area contributed by atoms with Gasteiger partial charge in [0.15, 0.2) is 11.5 Å². The van der Waals surface area contributed by atoms with Crippen LogP contribution in [0.2, 0.25) is 0 Å². The maximum absolute atomic E-state index is 13.5. The molecule has 0 unspecified atom stereocenters. The van der Waals surface area contributed by atoms with Crippen LogP contribution in [0, 0.1) is 5.82 Å². The molecule has 1 heterocycles. The quantitative estimate of drug-likeness (QED) is 0.781. The topological polar surface area (TPSA) is 94.2 Å². The molecule has 1 aliphatic heterocycles. The van der Waals surface area contributed by atoms with Gasteiger partial charge in [-0.3, -0.25) is 4.79 Å². The Morgan fingerprint density at radius 2 is 1.89 bits per heavy atom. The third kappa shape index (κ3) is 4.18. The van der Waals surface area contributed by atoms with Crippen LogP contribution in [0.4, 0.5) is 10.1 Å². The standard InChI is InChI=1S/C18H19FN2O6S/c1-21(28(23,24)17-9-12(19)3-5-15(17)25-2)11-18(22)20-13-4-6-14-16(10-13)27-8-7-26-14/h3-6,9-10H,7-8,11H2,1-2H3,(H,20,22). The molecule has 2 aromatic rings. The zero-order valence-corrected chi connectivity index (χ0v) is 16.1. The van der Waals surface area contributed by atoms with E-state index >= 15 is 0 Å². The number of carbonyl (C=O) groups is 1. The molecule has 8 nitrogen and oxygen atoms in total. The third-order valence-electron chi connectivity index (χ3n) is 4.01. The number of hydrogen-bond acceptors (Lipinski definition) is 6. The highest BCUT2D eigenvalue weighted by Crippen LogP contribution is 2.32. The lowest BCUT2D eigenvalue weighted by Gasteiger charge is -2.20. The van der Waals surface area contributed by atoms with Crippen LogP contribution in [0.5, 0.6) is 17.2 Å². The van der Waals surface area contributed by atoms with Gasteiger partial charge in [-0.2, -0.15) is 4.31 Å². The summed E-state index contributed by atoms with van der Waals surface area (Å²) in [5.41, 5.74) is 0.434. The van der Waals surface area contributed by atoms with E-state index < -0.39 is 28.3 Å². The summed E-state index contributed by atoms with van der Waals surface area (Å²) < 4.78 is 55.6. The van der Waals surface area contributed by atoms with Crippen LogP contribution >= 0.6 is 0 Å². The zero-order chi connectivity index (χ0) is 20.3. The molecule has 150 valence electrons. The average molecular weight is 410 g/mol. The number of ether oxygens (including phenoxy) is 3. The molecular weight excluding hydrogens is 391 g/mol. The SMILES string of the molecule is COc1ccc(F)cc1S(=O)(=O)N(C)CC(=O)Nc1ccc2c(c1)OCCO2. The van der Waals surface area contributed by atoms with Crippen molar-refractivity contribution in [3.05, 3.63) is 42.2 Å². The first-order chi connectivity index (χ1) is 13.3. The van der Waals surface area contributed by atoms with E-state index in [0.29, 0.717) is 30.4 Å². The Balaban J connectivity index is 1.72. The summed E-state index contributed by atoms with van der Waals surface area (Å²) in [5.74, 6) is -0.246. The van der Waals surface area contributed by atoms with Gasteiger partial charge in [0, 0.05) is 18.8 Å². The fourth-order valence-corrected chi connectivity index (χ4v) is 3.92. The largest absolute Gasteiger partial charge is 0.495 e. The highest BCUT2D eigenvalue weighted by atomic mass is 32.2. The van der Waals surface area contributed by atoms with Crippen LogP contribution in [-0.4, -0.2) is 52.5 Å². The Kier molecular flexibility index (Phi) is 5.71. The van der Waals surface area contributed by atoms with E-state index in [1.54, 1.807) is 18.2 Å². The summed E-state index contributed by atoms with van der Waals surface area (Å²) in [6.45, 7) is 0.377. The van der Waals surface area contributed by atoms with Crippen LogP contribution in [-0.2, 0) is 14.8 Å². The summed E-state index contributed by atoms with van der Waals surface area (Å²) in [4.78, 5) is 11.9. The number of rotatable bonds is 6. The van der Waals surface area contributed by atoms with Gasteiger partial charge in [-0.1, -0.05) is 0 Å². The van der Waals surface area contributed by atoms with Crippen LogP contribution in [0.15, 0.2) is 41.3 Å². The second-order valence-electron chi connectivity index (χ2n) is 5.96. The van der Waals surface area contributed by atoms with Crippen molar-refractivity contribution in [1.29, 1.82) is 0 Å². The van der Waals surface area contributed by atoms with Gasteiger partial charge in [0.05, 0.1) is 13.7 Å². The lowest BCUT2D eigenvalue weighted by molar-refractivity contribution is -0.116. The predicted molar refractivity (Wildman–Crippen MR) is 98.8 cm³/mol. The molecular formula is C18H19FN2O6S. The number of anilines is 1. The van der Waals surface area contributed by atoms with Gasteiger partial charge < -0.3 is 19.5 Å². The van der Waals surface area contributed by atoms with Crippen LogP contribution in [0.25, 0.3) is 0 Å². The predicted octanol–water partition coefficient (Wildman–Crippen LogP) is 1.86. The number of carbonyl (C=O) groups excluding carboxylic acids is 1. The van der Waals surface area contributed by atoms with Gasteiger partial charge in [0.25, 0.3) is 0 Å². The van der Waals surface area contributed by atoms with E-state index in [1.807, 2.05) is 0 Å². The van der Waals surface area contributed by atoms with Crippen LogP contribution in [0.1, 0.15) is 0 Å². The molecule has 0 saturated heterocycles. The fraction of sp³-hybridized carbons (Fsp3) is 0.278. The second-order valence-corrected chi connectivity index (χ2v) is 7.98. The van der Waals surface area contributed by atoms with E-state index in [2.05, 4.69) is 5.32 Å². The number of nitrogens with one attached hydrogen (secondary N) is 1. The zero-order valence-electron chi connectivity index (χ0n) is 15.3. The smallest absolute Gasteiger partial charge is 0.247 e. The molecule has 3 rings (SSSR count). The molecule has 0 spiro atoms. The van der Waals surface area contributed by atoms with E-state index in [0.717, 1.165) is 16.4 Å². The third-order valence-corrected chi connectivity index (χ3v) is 5.83. The molecule has 0 bridgehead atoms. The first-order valence-electron chi connectivity index (χ1n) is 8.30. The molecule has 1 N–H and O–H groups in total. The van der Waals surface area contributed by atoms with E-state index in [1.165, 1.54) is 20.2 Å². The monoisotopic (exact) mass is 410 g/mol. The highest BCUT2D eigenvalue weighted by Gasteiger charge is 2.27. The number of methoxy groups -OCH3 is 1. The van der Waals surface area contributed by atoms with E-state index in [-0.39, 0.29) is 10.6 Å². The Morgan fingerprint density at radius 3 is 2.61 bits per heavy atom. The summed E-state index contributed by atoms with van der Waals surface area (Å²) in [5, 5.41) is 2.60. The Bertz CT molecular complexity index is 996. The van der Waals surface area contributed by atoms with Gasteiger partial charge in [-0.25, -0.2) is 12.8 Å². The van der Waals surface area contributed by atoms with Crippen molar-refractivity contribution in [3.63, 3.8) is 0 Å².